The molecule has 0 aromatic rings. The van der Waals surface area contributed by atoms with Crippen LogP contribution in [0.4, 0.5) is 0 Å². The zero-order chi connectivity index (χ0) is 23.3. The van der Waals surface area contributed by atoms with Crippen LogP contribution in [0.2, 0.25) is 0 Å². The largest absolute Gasteiger partial charge is 0.393 e. The Labute approximate surface area is 204 Å². The summed E-state index contributed by atoms with van der Waals surface area (Å²) in [5.74, 6) is 6.32. The molecule has 0 aromatic heterocycles. The molecule has 0 spiro atoms. The average molecular weight is 463 g/mol. The van der Waals surface area contributed by atoms with Crippen LogP contribution in [-0.4, -0.2) is 11.2 Å². The molecule has 0 heterocycles. The van der Waals surface area contributed by atoms with Crippen molar-refractivity contribution in [2.75, 3.05) is 0 Å². The first-order valence-electron chi connectivity index (χ1n) is 14.1. The number of aliphatic hydroxyl groups excluding tert-OH is 1. The van der Waals surface area contributed by atoms with Gasteiger partial charge in [0, 0.05) is 5.03 Å². The predicted octanol–water partition coefficient (Wildman–Crippen LogP) is 8.84. The third-order valence-electron chi connectivity index (χ3n) is 11.6. The molecule has 184 valence electrons. The number of aliphatic hydroxyl groups is 1. The third-order valence-corrected chi connectivity index (χ3v) is 11.7. The molecule has 4 fully saturated rings. The van der Waals surface area contributed by atoms with Crippen molar-refractivity contribution < 1.29 is 5.11 Å². The third kappa shape index (κ3) is 4.36. The average Bonchev–Trinajstić information content (AvgIpc) is 3.07. The van der Waals surface area contributed by atoms with E-state index >= 15 is 0 Å². The van der Waals surface area contributed by atoms with Gasteiger partial charge in [0.2, 0.25) is 0 Å². The molecule has 0 saturated heterocycles. The molecular weight excluding hydrogens is 412 g/mol. The van der Waals surface area contributed by atoms with Crippen molar-refractivity contribution in [3.05, 3.63) is 11.6 Å². The quantitative estimate of drug-likeness (QED) is 0.400. The van der Waals surface area contributed by atoms with E-state index in [0.717, 1.165) is 53.4 Å². The lowest BCUT2D eigenvalue weighted by Crippen LogP contribution is -2.56. The van der Waals surface area contributed by atoms with Crippen molar-refractivity contribution in [3.8, 4) is 0 Å². The van der Waals surface area contributed by atoms with Gasteiger partial charge in [0.15, 0.2) is 0 Å². The summed E-state index contributed by atoms with van der Waals surface area (Å²) in [5, 5.41) is 11.6. The molecule has 4 aliphatic rings. The Balaban J connectivity index is 1.49. The molecule has 4 aliphatic carbocycles. The normalized spacial score (nSPS) is 46.9. The molecule has 1 N–H and O–H groups in total. The van der Waals surface area contributed by atoms with E-state index in [2.05, 4.69) is 41.2 Å². The summed E-state index contributed by atoms with van der Waals surface area (Å²) in [6, 6.07) is 0. The number of halogens is 1. The molecule has 10 atom stereocenters. The Morgan fingerprint density at radius 1 is 0.906 bits per heavy atom. The lowest BCUT2D eigenvalue weighted by Gasteiger charge is -2.63. The van der Waals surface area contributed by atoms with Crippen molar-refractivity contribution in [1.82, 2.24) is 0 Å². The van der Waals surface area contributed by atoms with Gasteiger partial charge in [-0.25, -0.2) is 0 Å². The van der Waals surface area contributed by atoms with Gasteiger partial charge >= 0.3 is 0 Å². The fourth-order valence-corrected chi connectivity index (χ4v) is 10.2. The van der Waals surface area contributed by atoms with Crippen molar-refractivity contribution in [2.45, 2.75) is 118 Å². The molecule has 0 bridgehead atoms. The monoisotopic (exact) mass is 462 g/mol. The molecule has 0 unspecified atom stereocenters. The van der Waals surface area contributed by atoms with Gasteiger partial charge in [-0.15, -0.1) is 0 Å². The maximum atomic E-state index is 10.9. The molecule has 0 aliphatic heterocycles. The van der Waals surface area contributed by atoms with Gasteiger partial charge in [-0.3, -0.25) is 0 Å². The summed E-state index contributed by atoms with van der Waals surface area (Å²) in [7, 11) is 0. The minimum Gasteiger partial charge on any atom is -0.393 e. The first-order chi connectivity index (χ1) is 15.1. The summed E-state index contributed by atoms with van der Waals surface area (Å²) in [6.07, 6.45) is 15.5. The van der Waals surface area contributed by atoms with Crippen LogP contribution in [0.25, 0.3) is 0 Å². The van der Waals surface area contributed by atoms with Crippen molar-refractivity contribution in [3.63, 3.8) is 0 Å². The second kappa shape index (κ2) is 9.56. The fraction of sp³-hybridized carbons (Fsp3) is 0.933. The van der Waals surface area contributed by atoms with Crippen molar-refractivity contribution >= 4 is 11.6 Å². The predicted molar refractivity (Wildman–Crippen MR) is 138 cm³/mol. The number of fused-ring (bicyclic) bond motifs is 5. The van der Waals surface area contributed by atoms with Gasteiger partial charge in [0.05, 0.1) is 6.10 Å². The molecule has 0 aromatic carbocycles. The minimum atomic E-state index is -0.184. The van der Waals surface area contributed by atoms with Crippen LogP contribution in [0, 0.1) is 58.2 Å². The summed E-state index contributed by atoms with van der Waals surface area (Å²) in [4.78, 5) is 0. The Hall–Kier alpha value is -0.0100. The van der Waals surface area contributed by atoms with Gasteiger partial charge in [-0.2, -0.15) is 0 Å². The van der Waals surface area contributed by atoms with E-state index in [1.54, 1.807) is 0 Å². The Morgan fingerprint density at radius 3 is 2.25 bits per heavy atom. The smallest absolute Gasteiger partial charge is 0.0575 e. The molecule has 4 rings (SSSR count). The van der Waals surface area contributed by atoms with Crippen LogP contribution in [0.15, 0.2) is 11.6 Å². The molecule has 1 nitrogen and oxygen atoms in total. The summed E-state index contributed by atoms with van der Waals surface area (Å²) >= 11 is 6.28. The van der Waals surface area contributed by atoms with E-state index < -0.39 is 0 Å². The molecule has 32 heavy (non-hydrogen) atoms. The number of rotatable bonds is 7. The molecule has 4 saturated carbocycles. The number of allylic oxidation sites excluding steroid dienone is 1. The lowest BCUT2D eigenvalue weighted by atomic mass is 9.43. The summed E-state index contributed by atoms with van der Waals surface area (Å²) in [5.41, 5.74) is 0.959. The minimum absolute atomic E-state index is 0.184. The van der Waals surface area contributed by atoms with E-state index in [4.69, 9.17) is 11.6 Å². The van der Waals surface area contributed by atoms with E-state index in [-0.39, 0.29) is 6.10 Å². The Morgan fingerprint density at radius 2 is 1.56 bits per heavy atom. The summed E-state index contributed by atoms with van der Waals surface area (Å²) in [6.45, 7) is 16.6. The van der Waals surface area contributed by atoms with Crippen LogP contribution < -0.4 is 0 Å². The Bertz CT molecular complexity index is 672. The highest BCUT2D eigenvalue weighted by molar-refractivity contribution is 6.29. The molecular formula is C30H51ClO. The van der Waals surface area contributed by atoms with Crippen LogP contribution >= 0.6 is 11.6 Å². The highest BCUT2D eigenvalue weighted by atomic mass is 35.5. The van der Waals surface area contributed by atoms with E-state index in [9.17, 15) is 5.11 Å². The van der Waals surface area contributed by atoms with Gasteiger partial charge in [-0.05, 0) is 116 Å². The van der Waals surface area contributed by atoms with E-state index in [1.807, 2.05) is 0 Å². The van der Waals surface area contributed by atoms with Crippen molar-refractivity contribution in [2.24, 2.45) is 58.2 Å². The second-order valence-corrected chi connectivity index (χ2v) is 14.1. The van der Waals surface area contributed by atoms with Crippen LogP contribution in [-0.2, 0) is 0 Å². The maximum absolute atomic E-state index is 10.9. The SMILES string of the molecule is C=C(Cl)C[C@@H]1[C@H](O)CC[C@@]2(C)[C@H]1CC[C@@H]1[C@@H]2CC[C@]2(C)[C@@H]([C@H](C)CCCC(C)C)CC[C@@H]12. The number of hydrogen-bond acceptors (Lipinski definition) is 1. The maximum Gasteiger partial charge on any atom is 0.0575 e. The highest BCUT2D eigenvalue weighted by Gasteiger charge is 2.61. The van der Waals surface area contributed by atoms with Crippen LogP contribution in [0.3, 0.4) is 0 Å². The zero-order valence-electron chi connectivity index (χ0n) is 21.7. The topological polar surface area (TPSA) is 20.2 Å². The van der Waals surface area contributed by atoms with Crippen molar-refractivity contribution in [1.29, 1.82) is 0 Å². The van der Waals surface area contributed by atoms with Gasteiger partial charge in [0.1, 0.15) is 0 Å². The first kappa shape index (κ1) is 25.1. The van der Waals surface area contributed by atoms with Gasteiger partial charge < -0.3 is 5.11 Å². The van der Waals surface area contributed by atoms with E-state index in [0.29, 0.717) is 22.7 Å². The number of hydrogen-bond donors (Lipinski definition) is 1. The highest BCUT2D eigenvalue weighted by Crippen LogP contribution is 2.69. The first-order valence-corrected chi connectivity index (χ1v) is 14.5. The summed E-state index contributed by atoms with van der Waals surface area (Å²) < 4.78 is 0. The van der Waals surface area contributed by atoms with Crippen LogP contribution in [0.1, 0.15) is 112 Å². The zero-order valence-corrected chi connectivity index (χ0v) is 22.5. The molecule has 2 heteroatoms. The van der Waals surface area contributed by atoms with Gasteiger partial charge in [-0.1, -0.05) is 72.1 Å². The lowest BCUT2D eigenvalue weighted by molar-refractivity contribution is -0.152. The second-order valence-electron chi connectivity index (χ2n) is 13.6. The Kier molecular flexibility index (Phi) is 7.50. The molecule has 0 amide bonds. The fourth-order valence-electron chi connectivity index (χ4n) is 10.1. The molecule has 0 radical (unpaired) electrons. The standard InChI is InChI=1S/C30H51ClO/c1-19(2)8-7-9-20(3)24-12-13-25-22-10-11-26-23(18-21(4)31)28(32)15-17-30(26,6)27(22)14-16-29(24,25)5/h19-20,22-28,32H,4,7-18H2,1-3,5-6H3/t20-,22+,23+,24-,25+,26+,27+,28-,29-,30+/m1/s1. The van der Waals surface area contributed by atoms with Crippen LogP contribution in [0.5, 0.6) is 0 Å². The van der Waals surface area contributed by atoms with E-state index in [1.165, 1.54) is 64.2 Å². The van der Waals surface area contributed by atoms with Gasteiger partial charge in [0.25, 0.3) is 0 Å².